The van der Waals surface area contributed by atoms with Crippen LogP contribution in [0.3, 0.4) is 0 Å². The van der Waals surface area contributed by atoms with Gasteiger partial charge in [0.1, 0.15) is 0 Å². The van der Waals surface area contributed by atoms with Gasteiger partial charge in [-0.15, -0.1) is 11.3 Å². The molecule has 2 heteroatoms. The molecule has 1 aliphatic rings. The van der Waals surface area contributed by atoms with E-state index in [1.807, 2.05) is 11.3 Å². The third-order valence-corrected chi connectivity index (χ3v) is 9.61. The SMILES string of the molecule is C1=CC(c2cccc(-c3ccc4sc5c6ccccc6ccc5c4c3)c2)CC(N(c2ccccc2)c2ccccc2)=C1. The fourth-order valence-electron chi connectivity index (χ4n) is 6.32. The van der Waals surface area contributed by atoms with E-state index < -0.39 is 0 Å². The smallest absolute Gasteiger partial charge is 0.0458 e. The van der Waals surface area contributed by atoms with E-state index in [0.29, 0.717) is 5.92 Å². The molecular formula is C40H29NS. The number of rotatable bonds is 5. The number of benzene rings is 6. The number of fused-ring (bicyclic) bond motifs is 5. The number of nitrogens with zero attached hydrogens (tertiary/aromatic N) is 1. The number of thiophene rings is 1. The van der Waals surface area contributed by atoms with Crippen LogP contribution in [0.4, 0.5) is 11.4 Å². The van der Waals surface area contributed by atoms with Crippen molar-refractivity contribution >= 4 is 53.7 Å². The maximum atomic E-state index is 2.39. The quantitative estimate of drug-likeness (QED) is 0.204. The molecule has 1 aromatic heterocycles. The summed E-state index contributed by atoms with van der Waals surface area (Å²) >= 11 is 1.90. The Morgan fingerprint density at radius 2 is 1.31 bits per heavy atom. The van der Waals surface area contributed by atoms with Gasteiger partial charge in [0, 0.05) is 43.2 Å². The second kappa shape index (κ2) is 10.5. The Morgan fingerprint density at radius 3 is 2.12 bits per heavy atom. The highest BCUT2D eigenvalue weighted by Gasteiger charge is 2.21. The monoisotopic (exact) mass is 555 g/mol. The Hall–Kier alpha value is -4.92. The lowest BCUT2D eigenvalue weighted by Gasteiger charge is -2.31. The highest BCUT2D eigenvalue weighted by Crippen LogP contribution is 2.41. The van der Waals surface area contributed by atoms with Gasteiger partial charge in [0.25, 0.3) is 0 Å². The highest BCUT2D eigenvalue weighted by molar-refractivity contribution is 7.26. The van der Waals surface area contributed by atoms with Crippen LogP contribution in [-0.2, 0) is 0 Å². The molecule has 1 heterocycles. The van der Waals surface area contributed by atoms with E-state index in [1.54, 1.807) is 0 Å². The van der Waals surface area contributed by atoms with Gasteiger partial charge in [-0.05, 0) is 76.4 Å². The van der Waals surface area contributed by atoms with Crippen LogP contribution in [0.15, 0.2) is 163 Å². The molecule has 8 rings (SSSR count). The molecule has 0 amide bonds. The van der Waals surface area contributed by atoms with Gasteiger partial charge in [0.2, 0.25) is 0 Å². The summed E-state index contributed by atoms with van der Waals surface area (Å²) in [5.41, 5.74) is 7.54. The molecule has 0 bridgehead atoms. The predicted octanol–water partition coefficient (Wildman–Crippen LogP) is 11.6. The number of hydrogen-bond donors (Lipinski definition) is 0. The number of para-hydroxylation sites is 2. The zero-order valence-electron chi connectivity index (χ0n) is 23.2. The van der Waals surface area contributed by atoms with Gasteiger partial charge in [0.15, 0.2) is 0 Å². The molecule has 1 atom stereocenters. The van der Waals surface area contributed by atoms with Gasteiger partial charge in [-0.2, -0.15) is 0 Å². The van der Waals surface area contributed by atoms with Crippen LogP contribution in [-0.4, -0.2) is 0 Å². The molecule has 0 fully saturated rings. The molecule has 0 radical (unpaired) electrons. The molecule has 0 N–H and O–H groups in total. The Balaban J connectivity index is 1.14. The summed E-state index contributed by atoms with van der Waals surface area (Å²) in [6.07, 6.45) is 7.77. The van der Waals surface area contributed by atoms with Gasteiger partial charge < -0.3 is 4.90 Å². The summed E-state index contributed by atoms with van der Waals surface area (Å²) in [5, 5.41) is 5.33. The third kappa shape index (κ3) is 4.41. The summed E-state index contributed by atoms with van der Waals surface area (Å²) in [6.45, 7) is 0. The lowest BCUT2D eigenvalue weighted by atomic mass is 9.88. The van der Waals surface area contributed by atoms with Crippen molar-refractivity contribution in [2.75, 3.05) is 4.90 Å². The average molecular weight is 556 g/mol. The van der Waals surface area contributed by atoms with Crippen LogP contribution in [0, 0.1) is 0 Å². The topological polar surface area (TPSA) is 3.24 Å². The van der Waals surface area contributed by atoms with Gasteiger partial charge in [-0.3, -0.25) is 0 Å². The molecular weight excluding hydrogens is 527 g/mol. The molecule has 0 aliphatic heterocycles. The molecule has 1 nitrogen and oxygen atoms in total. The largest absolute Gasteiger partial charge is 0.314 e. The molecule has 6 aromatic carbocycles. The number of anilines is 2. The minimum atomic E-state index is 0.303. The fourth-order valence-corrected chi connectivity index (χ4v) is 7.54. The molecule has 1 aliphatic carbocycles. The van der Waals surface area contributed by atoms with E-state index in [0.717, 1.165) is 6.42 Å². The minimum absolute atomic E-state index is 0.303. The summed E-state index contributed by atoms with van der Waals surface area (Å²) < 4.78 is 2.72. The summed E-state index contributed by atoms with van der Waals surface area (Å²) in [4.78, 5) is 2.39. The van der Waals surface area contributed by atoms with Gasteiger partial charge in [-0.25, -0.2) is 0 Å². The number of allylic oxidation sites excluding steroid dienone is 4. The van der Waals surface area contributed by atoms with Crippen LogP contribution in [0.1, 0.15) is 17.9 Å². The Labute approximate surface area is 250 Å². The van der Waals surface area contributed by atoms with Gasteiger partial charge in [0.05, 0.1) is 0 Å². The number of hydrogen-bond acceptors (Lipinski definition) is 2. The van der Waals surface area contributed by atoms with Crippen molar-refractivity contribution in [1.29, 1.82) is 0 Å². The zero-order chi connectivity index (χ0) is 27.9. The van der Waals surface area contributed by atoms with Crippen LogP contribution in [0.2, 0.25) is 0 Å². The summed E-state index contributed by atoms with van der Waals surface area (Å²) in [7, 11) is 0. The standard InChI is InChI=1S/C40H29NS/c1-3-15-33(16-4-1)41(34-17-5-2-6-18-34)35-19-10-14-31(26-35)29-12-9-13-30(25-29)32-22-24-39-38(27-32)37-23-21-28-11-7-8-20-36(28)40(37)42-39/h1-25,27,31H,26H2. The van der Waals surface area contributed by atoms with E-state index in [4.69, 9.17) is 0 Å². The Bertz CT molecular complexity index is 2080. The Morgan fingerprint density at radius 1 is 0.571 bits per heavy atom. The second-order valence-corrected chi connectivity index (χ2v) is 12.0. The first-order chi connectivity index (χ1) is 20.8. The minimum Gasteiger partial charge on any atom is -0.314 e. The molecule has 0 spiro atoms. The van der Waals surface area contributed by atoms with Crippen molar-refractivity contribution in [2.24, 2.45) is 0 Å². The molecule has 1 unspecified atom stereocenters. The normalized spacial score (nSPS) is 14.9. The zero-order valence-corrected chi connectivity index (χ0v) is 24.0. The molecule has 42 heavy (non-hydrogen) atoms. The molecule has 200 valence electrons. The second-order valence-electron chi connectivity index (χ2n) is 11.0. The lowest BCUT2D eigenvalue weighted by Crippen LogP contribution is -2.19. The van der Waals surface area contributed by atoms with E-state index in [-0.39, 0.29) is 0 Å². The lowest BCUT2D eigenvalue weighted by molar-refractivity contribution is 0.794. The van der Waals surface area contributed by atoms with Crippen LogP contribution in [0.5, 0.6) is 0 Å². The van der Waals surface area contributed by atoms with Crippen molar-refractivity contribution in [3.8, 4) is 11.1 Å². The predicted molar refractivity (Wildman–Crippen MR) is 182 cm³/mol. The first kappa shape index (κ1) is 24.8. The third-order valence-electron chi connectivity index (χ3n) is 8.39. The van der Waals surface area contributed by atoms with Gasteiger partial charge >= 0.3 is 0 Å². The first-order valence-corrected chi connectivity index (χ1v) is 15.4. The van der Waals surface area contributed by atoms with Crippen molar-refractivity contribution in [2.45, 2.75) is 12.3 Å². The van der Waals surface area contributed by atoms with Crippen molar-refractivity contribution in [1.82, 2.24) is 0 Å². The molecule has 0 saturated heterocycles. The maximum absolute atomic E-state index is 2.39. The van der Waals surface area contributed by atoms with E-state index in [2.05, 4.69) is 163 Å². The Kier molecular flexibility index (Phi) is 6.20. The maximum Gasteiger partial charge on any atom is 0.0458 e. The van der Waals surface area contributed by atoms with Crippen molar-refractivity contribution in [3.63, 3.8) is 0 Å². The first-order valence-electron chi connectivity index (χ1n) is 14.5. The van der Waals surface area contributed by atoms with Gasteiger partial charge in [-0.1, -0.05) is 115 Å². The fraction of sp³-hybridized carbons (Fsp3) is 0.0500. The summed E-state index contributed by atoms with van der Waals surface area (Å²) in [6, 6.07) is 50.7. The summed E-state index contributed by atoms with van der Waals surface area (Å²) in [5.74, 6) is 0.303. The van der Waals surface area contributed by atoms with E-state index in [9.17, 15) is 0 Å². The van der Waals surface area contributed by atoms with Crippen molar-refractivity contribution < 1.29 is 0 Å². The van der Waals surface area contributed by atoms with Crippen molar-refractivity contribution in [3.05, 3.63) is 169 Å². The highest BCUT2D eigenvalue weighted by atomic mass is 32.1. The van der Waals surface area contributed by atoms with E-state index >= 15 is 0 Å². The average Bonchev–Trinajstić information content (AvgIpc) is 3.45. The van der Waals surface area contributed by atoms with Crippen LogP contribution < -0.4 is 4.90 Å². The molecule has 0 saturated carbocycles. The molecule has 7 aromatic rings. The van der Waals surface area contributed by atoms with Crippen LogP contribution in [0.25, 0.3) is 42.1 Å². The van der Waals surface area contributed by atoms with Crippen LogP contribution >= 0.6 is 11.3 Å². The van der Waals surface area contributed by atoms with E-state index in [1.165, 1.54) is 64.7 Å².